The molecule has 2 N–H and O–H groups in total. The lowest BCUT2D eigenvalue weighted by atomic mass is 9.88. The zero-order valence-electron chi connectivity index (χ0n) is 11.7. The number of nitrogens with two attached hydrogens (primary N) is 1. The van der Waals surface area contributed by atoms with Gasteiger partial charge in [0.25, 0.3) is 0 Å². The van der Waals surface area contributed by atoms with Crippen LogP contribution in [0.25, 0.3) is 0 Å². The van der Waals surface area contributed by atoms with E-state index in [4.69, 9.17) is 33.7 Å². The van der Waals surface area contributed by atoms with Gasteiger partial charge in [-0.2, -0.15) is 0 Å². The summed E-state index contributed by atoms with van der Waals surface area (Å²) in [6.07, 6.45) is 1.90. The van der Waals surface area contributed by atoms with Crippen LogP contribution in [0.1, 0.15) is 24.0 Å². The van der Waals surface area contributed by atoms with Gasteiger partial charge in [-0.3, -0.25) is 4.79 Å². The van der Waals surface area contributed by atoms with Crippen LogP contribution < -0.4 is 5.73 Å². The van der Waals surface area contributed by atoms with Crippen molar-refractivity contribution in [1.82, 2.24) is 4.90 Å². The van der Waals surface area contributed by atoms with Gasteiger partial charge in [0.05, 0.1) is 5.54 Å². The highest BCUT2D eigenvalue weighted by molar-refractivity contribution is 6.35. The molecule has 0 saturated carbocycles. The Bertz CT molecular complexity index is 571. The van der Waals surface area contributed by atoms with Gasteiger partial charge < -0.3 is 15.4 Å². The molecule has 0 unspecified atom stereocenters. The Kier molecular flexibility index (Phi) is 4.14. The molecular formula is C15H18Cl2N2O2. The number of rotatable bonds is 1. The Labute approximate surface area is 134 Å². The predicted molar refractivity (Wildman–Crippen MR) is 82.6 cm³/mol. The van der Waals surface area contributed by atoms with Crippen LogP contribution in [0, 0.1) is 0 Å². The number of hydrogen-bond donors (Lipinski definition) is 1. The van der Waals surface area contributed by atoms with Crippen molar-refractivity contribution >= 4 is 29.1 Å². The maximum atomic E-state index is 12.7. The second kappa shape index (κ2) is 5.76. The number of nitrogens with zero attached hydrogens (tertiary/aromatic N) is 1. The first-order valence-corrected chi connectivity index (χ1v) is 7.88. The molecule has 0 aromatic heterocycles. The number of amides is 1. The van der Waals surface area contributed by atoms with E-state index < -0.39 is 5.54 Å². The van der Waals surface area contributed by atoms with Gasteiger partial charge in [-0.15, -0.1) is 0 Å². The van der Waals surface area contributed by atoms with Crippen LogP contribution in [-0.4, -0.2) is 36.1 Å². The fraction of sp³-hybridized carbons (Fsp3) is 0.533. The Hall–Kier alpha value is -0.810. The summed E-state index contributed by atoms with van der Waals surface area (Å²) >= 11 is 12.3. The van der Waals surface area contributed by atoms with Crippen molar-refractivity contribution in [2.24, 2.45) is 5.73 Å². The average molecular weight is 329 g/mol. The third-order valence-corrected chi connectivity index (χ3v) is 4.91. The zero-order chi connectivity index (χ0) is 15.0. The van der Waals surface area contributed by atoms with E-state index in [9.17, 15) is 4.79 Å². The molecule has 0 atom stereocenters. The summed E-state index contributed by atoms with van der Waals surface area (Å²) in [5.41, 5.74) is 7.60. The highest BCUT2D eigenvalue weighted by Crippen LogP contribution is 2.31. The standard InChI is InChI=1S/C15H18Cl2N2O2/c16-11-7-10-1-4-19(9-12(10)13(17)8-11)14(20)15(18)2-5-21-6-3-15/h7-8H,1-6,9,18H2. The molecule has 6 heteroatoms. The summed E-state index contributed by atoms with van der Waals surface area (Å²) in [4.78, 5) is 14.6. The summed E-state index contributed by atoms with van der Waals surface area (Å²) in [5, 5.41) is 1.26. The predicted octanol–water partition coefficient (Wildman–Crippen LogP) is 2.39. The molecule has 2 heterocycles. The minimum absolute atomic E-state index is 0.00228. The SMILES string of the molecule is NC1(C(=O)N2CCc3cc(Cl)cc(Cl)c3C2)CCOCC1. The van der Waals surface area contributed by atoms with Crippen molar-refractivity contribution in [1.29, 1.82) is 0 Å². The molecule has 1 fully saturated rings. The van der Waals surface area contributed by atoms with E-state index in [-0.39, 0.29) is 5.91 Å². The minimum Gasteiger partial charge on any atom is -0.381 e. The van der Waals surface area contributed by atoms with Crippen molar-refractivity contribution < 1.29 is 9.53 Å². The van der Waals surface area contributed by atoms with E-state index in [1.165, 1.54) is 0 Å². The quantitative estimate of drug-likeness (QED) is 0.861. The molecule has 2 aliphatic heterocycles. The summed E-state index contributed by atoms with van der Waals surface area (Å²) in [7, 11) is 0. The number of hydrogen-bond acceptors (Lipinski definition) is 3. The highest BCUT2D eigenvalue weighted by Gasteiger charge is 2.39. The van der Waals surface area contributed by atoms with Gasteiger partial charge in [0.15, 0.2) is 0 Å². The second-order valence-corrected chi connectivity index (χ2v) is 6.61. The van der Waals surface area contributed by atoms with Crippen molar-refractivity contribution in [3.05, 3.63) is 33.3 Å². The number of benzene rings is 1. The van der Waals surface area contributed by atoms with Gasteiger partial charge in [-0.05, 0) is 42.5 Å². The molecule has 1 aromatic carbocycles. The number of fused-ring (bicyclic) bond motifs is 1. The van der Waals surface area contributed by atoms with Crippen molar-refractivity contribution in [3.63, 3.8) is 0 Å². The van der Waals surface area contributed by atoms with Crippen LogP contribution >= 0.6 is 23.2 Å². The maximum Gasteiger partial charge on any atom is 0.243 e. The lowest BCUT2D eigenvalue weighted by Gasteiger charge is -2.39. The molecule has 1 aromatic rings. The largest absolute Gasteiger partial charge is 0.381 e. The Morgan fingerprint density at radius 2 is 2.00 bits per heavy atom. The Balaban J connectivity index is 1.81. The average Bonchev–Trinajstić information content (AvgIpc) is 2.47. The van der Waals surface area contributed by atoms with Crippen molar-refractivity contribution in [2.75, 3.05) is 19.8 Å². The third kappa shape index (κ3) is 2.90. The first kappa shape index (κ1) is 15.1. The Morgan fingerprint density at radius 3 is 2.71 bits per heavy atom. The molecular weight excluding hydrogens is 311 g/mol. The zero-order valence-corrected chi connectivity index (χ0v) is 13.2. The molecule has 0 bridgehead atoms. The normalized spacial score (nSPS) is 21.0. The van der Waals surface area contributed by atoms with Crippen LogP contribution in [-0.2, 0) is 22.5 Å². The van der Waals surface area contributed by atoms with Crippen LogP contribution in [0.3, 0.4) is 0 Å². The number of carbonyl (C=O) groups is 1. The third-order valence-electron chi connectivity index (χ3n) is 4.35. The smallest absolute Gasteiger partial charge is 0.243 e. The van der Waals surface area contributed by atoms with Crippen LogP contribution in [0.4, 0.5) is 0 Å². The summed E-state index contributed by atoms with van der Waals surface area (Å²) in [5.74, 6) is 0.00228. The number of halogens is 2. The van der Waals surface area contributed by atoms with Gasteiger partial charge >= 0.3 is 0 Å². The summed E-state index contributed by atoms with van der Waals surface area (Å²) in [6.45, 7) is 2.25. The molecule has 0 aliphatic carbocycles. The van der Waals surface area contributed by atoms with Crippen molar-refractivity contribution in [3.8, 4) is 0 Å². The van der Waals surface area contributed by atoms with E-state index in [2.05, 4.69) is 0 Å². The maximum absolute atomic E-state index is 12.7. The fourth-order valence-electron chi connectivity index (χ4n) is 3.02. The van der Waals surface area contributed by atoms with Gasteiger partial charge in [0, 0.05) is 36.3 Å². The first-order chi connectivity index (χ1) is 9.99. The molecule has 2 aliphatic rings. The van der Waals surface area contributed by atoms with Gasteiger partial charge in [0.2, 0.25) is 5.91 Å². The number of carbonyl (C=O) groups excluding carboxylic acids is 1. The fourth-order valence-corrected chi connectivity index (χ4v) is 3.62. The molecule has 1 amide bonds. The minimum atomic E-state index is -0.797. The van der Waals surface area contributed by atoms with E-state index in [1.807, 2.05) is 11.0 Å². The van der Waals surface area contributed by atoms with Crippen LogP contribution in [0.15, 0.2) is 12.1 Å². The molecule has 0 radical (unpaired) electrons. The molecule has 4 nitrogen and oxygen atoms in total. The Morgan fingerprint density at radius 1 is 1.29 bits per heavy atom. The van der Waals surface area contributed by atoms with Crippen LogP contribution in [0.5, 0.6) is 0 Å². The van der Waals surface area contributed by atoms with Crippen molar-refractivity contribution in [2.45, 2.75) is 31.3 Å². The van der Waals surface area contributed by atoms with Crippen LogP contribution in [0.2, 0.25) is 10.0 Å². The lowest BCUT2D eigenvalue weighted by molar-refractivity contribution is -0.141. The first-order valence-electron chi connectivity index (χ1n) is 7.12. The van der Waals surface area contributed by atoms with E-state index in [0.29, 0.717) is 49.2 Å². The topological polar surface area (TPSA) is 55.6 Å². The van der Waals surface area contributed by atoms with Gasteiger partial charge in [-0.25, -0.2) is 0 Å². The number of ether oxygens (including phenoxy) is 1. The van der Waals surface area contributed by atoms with E-state index in [1.54, 1.807) is 6.07 Å². The molecule has 1 saturated heterocycles. The second-order valence-electron chi connectivity index (χ2n) is 5.77. The van der Waals surface area contributed by atoms with E-state index >= 15 is 0 Å². The van der Waals surface area contributed by atoms with Gasteiger partial charge in [0.1, 0.15) is 0 Å². The molecule has 0 spiro atoms. The highest BCUT2D eigenvalue weighted by atomic mass is 35.5. The molecule has 114 valence electrons. The molecule has 21 heavy (non-hydrogen) atoms. The molecule has 3 rings (SSSR count). The van der Waals surface area contributed by atoms with Gasteiger partial charge in [-0.1, -0.05) is 23.2 Å². The summed E-state index contributed by atoms with van der Waals surface area (Å²) in [6, 6.07) is 3.65. The van der Waals surface area contributed by atoms with E-state index in [0.717, 1.165) is 17.5 Å². The lowest BCUT2D eigenvalue weighted by Crippen LogP contribution is -2.58. The monoisotopic (exact) mass is 328 g/mol. The summed E-state index contributed by atoms with van der Waals surface area (Å²) < 4.78 is 5.30.